The highest BCUT2D eigenvalue weighted by atomic mass is 32.1. The van der Waals surface area contributed by atoms with E-state index in [4.69, 9.17) is 4.74 Å². The molecule has 1 atom stereocenters. The van der Waals surface area contributed by atoms with Gasteiger partial charge in [-0.2, -0.15) is 0 Å². The van der Waals surface area contributed by atoms with E-state index in [1.165, 1.54) is 17.4 Å². The monoisotopic (exact) mass is 483 g/mol. The summed E-state index contributed by atoms with van der Waals surface area (Å²) >= 11 is 1.29. The standard InChI is InChI=1S/C26H23F2NO4S/c1-13(2)16-12-17(14(3)10-20(16)33-4)24(30)22-23(21-6-5-9-34-21)29(26(32)25(22)31)15-7-8-18(27)19(28)11-15/h5-13,23,30H,1-4H3/b24-22+. The third-order valence-corrected chi connectivity index (χ3v) is 6.82. The molecule has 8 heteroatoms. The Hall–Kier alpha value is -3.52. The second kappa shape index (κ2) is 9.02. The van der Waals surface area contributed by atoms with Gasteiger partial charge in [-0.25, -0.2) is 8.78 Å². The fourth-order valence-electron chi connectivity index (χ4n) is 4.18. The van der Waals surface area contributed by atoms with Crippen LogP contribution in [-0.2, 0) is 9.59 Å². The number of Topliss-reactive ketones (excluding diaryl/α,β-unsaturated/α-hetero) is 1. The summed E-state index contributed by atoms with van der Waals surface area (Å²) in [5.74, 6) is -3.65. The van der Waals surface area contributed by atoms with Gasteiger partial charge in [-0.05, 0) is 59.7 Å². The molecule has 0 radical (unpaired) electrons. The molecule has 1 aliphatic heterocycles. The van der Waals surface area contributed by atoms with Gasteiger partial charge in [0, 0.05) is 22.2 Å². The van der Waals surface area contributed by atoms with E-state index in [-0.39, 0.29) is 22.9 Å². The first-order valence-electron chi connectivity index (χ1n) is 10.6. The maximum Gasteiger partial charge on any atom is 0.300 e. The number of ether oxygens (including phenoxy) is 1. The van der Waals surface area contributed by atoms with Crippen molar-refractivity contribution in [3.8, 4) is 5.75 Å². The molecule has 1 saturated heterocycles. The maximum absolute atomic E-state index is 14.0. The van der Waals surface area contributed by atoms with Gasteiger partial charge in [0.15, 0.2) is 11.6 Å². The van der Waals surface area contributed by atoms with Gasteiger partial charge in [-0.15, -0.1) is 11.3 Å². The van der Waals surface area contributed by atoms with Gasteiger partial charge in [-0.3, -0.25) is 14.5 Å². The summed E-state index contributed by atoms with van der Waals surface area (Å²) in [7, 11) is 1.56. The molecule has 2 heterocycles. The topological polar surface area (TPSA) is 66.8 Å². The number of hydrogen-bond donors (Lipinski definition) is 1. The number of hydrogen-bond acceptors (Lipinski definition) is 5. The third kappa shape index (κ3) is 3.88. The first-order valence-corrected chi connectivity index (χ1v) is 11.5. The van der Waals surface area contributed by atoms with Crippen molar-refractivity contribution in [1.29, 1.82) is 0 Å². The minimum absolute atomic E-state index is 0.0211. The van der Waals surface area contributed by atoms with Crippen LogP contribution in [0.15, 0.2) is 53.4 Å². The van der Waals surface area contributed by atoms with E-state index in [0.717, 1.165) is 22.6 Å². The van der Waals surface area contributed by atoms with Crippen LogP contribution < -0.4 is 9.64 Å². The molecule has 0 spiro atoms. The van der Waals surface area contributed by atoms with Crippen molar-refractivity contribution < 1.29 is 28.2 Å². The zero-order valence-electron chi connectivity index (χ0n) is 19.1. The summed E-state index contributed by atoms with van der Waals surface area (Å²) in [6.07, 6.45) is 0. The van der Waals surface area contributed by atoms with Gasteiger partial charge in [0.1, 0.15) is 17.6 Å². The van der Waals surface area contributed by atoms with E-state index in [1.54, 1.807) is 43.7 Å². The average molecular weight is 484 g/mol. The van der Waals surface area contributed by atoms with Crippen LogP contribution in [0.1, 0.15) is 47.4 Å². The lowest BCUT2D eigenvalue weighted by Crippen LogP contribution is -2.29. The Morgan fingerprint density at radius 3 is 2.44 bits per heavy atom. The molecular formula is C26H23F2NO4S. The summed E-state index contributed by atoms with van der Waals surface area (Å²) in [4.78, 5) is 28.0. The number of thiophene rings is 1. The van der Waals surface area contributed by atoms with Crippen LogP contribution in [0.2, 0.25) is 0 Å². The molecule has 1 N–H and O–H groups in total. The molecule has 1 aliphatic rings. The zero-order chi connectivity index (χ0) is 24.7. The van der Waals surface area contributed by atoms with Gasteiger partial charge in [0.2, 0.25) is 0 Å². The third-order valence-electron chi connectivity index (χ3n) is 5.89. The molecule has 2 aromatic carbocycles. The van der Waals surface area contributed by atoms with Gasteiger partial charge in [0.05, 0.1) is 12.7 Å². The number of ketones is 1. The van der Waals surface area contributed by atoms with Crippen molar-refractivity contribution in [3.05, 3.63) is 86.6 Å². The number of nitrogens with zero attached hydrogens (tertiary/aromatic N) is 1. The van der Waals surface area contributed by atoms with E-state index in [0.29, 0.717) is 21.8 Å². The highest BCUT2D eigenvalue weighted by molar-refractivity contribution is 7.10. The Kier molecular flexibility index (Phi) is 6.27. The number of halogens is 2. The quantitative estimate of drug-likeness (QED) is 0.271. The minimum Gasteiger partial charge on any atom is -0.507 e. The SMILES string of the molecule is COc1cc(C)c(/C(O)=C2\C(=O)C(=O)N(c3ccc(F)c(F)c3)C2c2cccs2)cc1C(C)C. The molecule has 176 valence electrons. The van der Waals surface area contributed by atoms with Crippen LogP contribution in [-0.4, -0.2) is 23.9 Å². The number of benzene rings is 2. The molecule has 3 aromatic rings. The number of anilines is 1. The molecule has 1 amide bonds. The highest BCUT2D eigenvalue weighted by Crippen LogP contribution is 2.44. The van der Waals surface area contributed by atoms with Crippen molar-refractivity contribution in [2.75, 3.05) is 12.0 Å². The van der Waals surface area contributed by atoms with Crippen molar-refractivity contribution in [3.63, 3.8) is 0 Å². The minimum atomic E-state index is -1.14. The number of methoxy groups -OCH3 is 1. The predicted molar refractivity (Wildman–Crippen MR) is 127 cm³/mol. The van der Waals surface area contributed by atoms with Gasteiger partial charge < -0.3 is 9.84 Å². The first-order chi connectivity index (χ1) is 16.1. The molecule has 0 saturated carbocycles. The highest BCUT2D eigenvalue weighted by Gasteiger charge is 2.47. The zero-order valence-corrected chi connectivity index (χ0v) is 19.9. The van der Waals surface area contributed by atoms with Crippen LogP contribution in [0.4, 0.5) is 14.5 Å². The molecule has 0 bridgehead atoms. The normalized spacial score (nSPS) is 17.6. The predicted octanol–water partition coefficient (Wildman–Crippen LogP) is 6.09. The van der Waals surface area contributed by atoms with Crippen LogP contribution in [0.5, 0.6) is 5.75 Å². The van der Waals surface area contributed by atoms with Gasteiger partial charge in [0.25, 0.3) is 11.7 Å². The lowest BCUT2D eigenvalue weighted by atomic mass is 9.92. The van der Waals surface area contributed by atoms with Crippen molar-refractivity contribution >= 4 is 34.5 Å². The fraction of sp³-hybridized carbons (Fsp3) is 0.231. The largest absolute Gasteiger partial charge is 0.507 e. The number of carbonyl (C=O) groups excluding carboxylic acids is 2. The van der Waals surface area contributed by atoms with Crippen molar-refractivity contribution in [1.82, 2.24) is 0 Å². The number of rotatable bonds is 5. The smallest absolute Gasteiger partial charge is 0.300 e. The van der Waals surface area contributed by atoms with E-state index in [2.05, 4.69) is 0 Å². The molecule has 1 unspecified atom stereocenters. The van der Waals surface area contributed by atoms with Gasteiger partial charge >= 0.3 is 0 Å². The van der Waals surface area contributed by atoms with Gasteiger partial charge in [-0.1, -0.05) is 19.9 Å². The lowest BCUT2D eigenvalue weighted by molar-refractivity contribution is -0.132. The van der Waals surface area contributed by atoms with Crippen LogP contribution in [0, 0.1) is 18.6 Å². The maximum atomic E-state index is 14.0. The second-order valence-corrected chi connectivity index (χ2v) is 9.33. The number of aliphatic hydroxyl groups excluding tert-OH is 1. The van der Waals surface area contributed by atoms with Crippen LogP contribution in [0.25, 0.3) is 5.76 Å². The Balaban J connectivity index is 1.96. The van der Waals surface area contributed by atoms with Crippen molar-refractivity contribution in [2.45, 2.75) is 32.7 Å². The molecule has 5 nitrogen and oxygen atoms in total. The summed E-state index contributed by atoms with van der Waals surface area (Å²) in [6.45, 7) is 5.72. The Morgan fingerprint density at radius 1 is 1.12 bits per heavy atom. The van der Waals surface area contributed by atoms with E-state index in [1.807, 2.05) is 13.8 Å². The molecule has 4 rings (SSSR count). The molecule has 34 heavy (non-hydrogen) atoms. The Morgan fingerprint density at radius 2 is 1.85 bits per heavy atom. The van der Waals surface area contributed by atoms with Crippen LogP contribution >= 0.6 is 11.3 Å². The Labute approximate surface area is 199 Å². The molecule has 0 aliphatic carbocycles. The lowest BCUT2D eigenvalue weighted by Gasteiger charge is -2.24. The number of amides is 1. The Bertz CT molecular complexity index is 1310. The number of carbonyl (C=O) groups is 2. The molecular weight excluding hydrogens is 460 g/mol. The second-order valence-electron chi connectivity index (χ2n) is 8.35. The number of aliphatic hydroxyl groups is 1. The summed E-state index contributed by atoms with van der Waals surface area (Å²) in [5, 5.41) is 13.2. The first kappa shape index (κ1) is 23.6. The summed E-state index contributed by atoms with van der Waals surface area (Å²) < 4.78 is 33.1. The molecule has 1 aromatic heterocycles. The summed E-state index contributed by atoms with van der Waals surface area (Å²) in [6, 6.07) is 9.02. The summed E-state index contributed by atoms with van der Waals surface area (Å²) in [5.41, 5.74) is 1.79. The van der Waals surface area contributed by atoms with E-state index in [9.17, 15) is 23.5 Å². The number of aryl methyl sites for hydroxylation is 1. The van der Waals surface area contributed by atoms with E-state index >= 15 is 0 Å². The fourth-order valence-corrected chi connectivity index (χ4v) is 5.00. The van der Waals surface area contributed by atoms with E-state index < -0.39 is 29.4 Å². The average Bonchev–Trinajstić information content (AvgIpc) is 3.42. The van der Waals surface area contributed by atoms with Crippen molar-refractivity contribution in [2.24, 2.45) is 0 Å². The molecule has 1 fully saturated rings. The van der Waals surface area contributed by atoms with Crippen LogP contribution in [0.3, 0.4) is 0 Å².